The van der Waals surface area contributed by atoms with Crippen molar-refractivity contribution in [3.63, 3.8) is 0 Å². The van der Waals surface area contributed by atoms with Crippen LogP contribution in [0.5, 0.6) is 5.75 Å². The van der Waals surface area contributed by atoms with Gasteiger partial charge in [-0.3, -0.25) is 19.4 Å². The highest BCUT2D eigenvalue weighted by Crippen LogP contribution is 2.27. The Morgan fingerprint density at radius 3 is 2.45 bits per heavy atom. The fourth-order valence-corrected chi connectivity index (χ4v) is 4.45. The van der Waals surface area contributed by atoms with Crippen molar-refractivity contribution in [3.8, 4) is 5.75 Å². The molecular formula is C24H28N4O4S. The Balaban J connectivity index is 1.48. The maximum Gasteiger partial charge on any atom is 0.256 e. The summed E-state index contributed by atoms with van der Waals surface area (Å²) < 4.78 is 10.6. The number of para-hydroxylation sites is 1. The van der Waals surface area contributed by atoms with Crippen molar-refractivity contribution < 1.29 is 19.1 Å². The number of carbonyl (C=O) groups is 2. The molecule has 2 aliphatic heterocycles. The molecule has 4 rings (SSSR count). The summed E-state index contributed by atoms with van der Waals surface area (Å²) in [6.07, 6.45) is 0.0114. The molecule has 0 unspecified atom stereocenters. The highest BCUT2D eigenvalue weighted by molar-refractivity contribution is 7.80. The number of amides is 2. The second kappa shape index (κ2) is 10.7. The molecule has 1 atom stereocenters. The standard InChI is InChI=1S/C24H28N4O4S/c1-31-20-9-7-18(8-10-20)25-22(29)17-21-23(30)28(19-5-3-2-4-6-19)24(33)27(21)12-11-26-13-15-32-16-14-26/h2-10,21H,11-17H2,1H3,(H,25,29)/t21-/m1/s1. The van der Waals surface area contributed by atoms with E-state index in [-0.39, 0.29) is 18.2 Å². The van der Waals surface area contributed by atoms with Crippen molar-refractivity contribution in [2.24, 2.45) is 0 Å². The Hall–Kier alpha value is -3.01. The largest absolute Gasteiger partial charge is 0.497 e. The van der Waals surface area contributed by atoms with E-state index in [1.54, 1.807) is 36.3 Å². The summed E-state index contributed by atoms with van der Waals surface area (Å²) in [4.78, 5) is 32.0. The van der Waals surface area contributed by atoms with Crippen LogP contribution in [0.4, 0.5) is 11.4 Å². The minimum absolute atomic E-state index is 0.0114. The Kier molecular flexibility index (Phi) is 7.54. The van der Waals surface area contributed by atoms with Crippen LogP contribution in [0.1, 0.15) is 6.42 Å². The Morgan fingerprint density at radius 2 is 1.79 bits per heavy atom. The molecule has 2 fully saturated rings. The fourth-order valence-electron chi connectivity index (χ4n) is 4.04. The van der Waals surface area contributed by atoms with Gasteiger partial charge in [0.05, 0.1) is 32.4 Å². The first-order valence-electron chi connectivity index (χ1n) is 11.0. The topological polar surface area (TPSA) is 74.4 Å². The summed E-state index contributed by atoms with van der Waals surface area (Å²) in [7, 11) is 1.59. The lowest BCUT2D eigenvalue weighted by Gasteiger charge is -2.30. The van der Waals surface area contributed by atoms with Crippen molar-refractivity contribution in [2.45, 2.75) is 12.5 Å². The summed E-state index contributed by atoms with van der Waals surface area (Å²) in [6.45, 7) is 4.41. The quantitative estimate of drug-likeness (QED) is 0.596. The summed E-state index contributed by atoms with van der Waals surface area (Å²) in [5.41, 5.74) is 1.36. The second-order valence-corrected chi connectivity index (χ2v) is 8.30. The van der Waals surface area contributed by atoms with Crippen LogP contribution in [-0.2, 0) is 14.3 Å². The van der Waals surface area contributed by atoms with Crippen LogP contribution in [0.25, 0.3) is 0 Å². The van der Waals surface area contributed by atoms with Crippen molar-refractivity contribution in [1.29, 1.82) is 0 Å². The summed E-state index contributed by atoms with van der Waals surface area (Å²) in [6, 6.07) is 15.8. The van der Waals surface area contributed by atoms with E-state index in [0.717, 1.165) is 19.6 Å². The zero-order chi connectivity index (χ0) is 23.2. The number of morpholine rings is 1. The Bertz CT molecular complexity index is 980. The van der Waals surface area contributed by atoms with E-state index in [9.17, 15) is 9.59 Å². The molecule has 2 heterocycles. The van der Waals surface area contributed by atoms with E-state index in [0.29, 0.717) is 42.0 Å². The van der Waals surface area contributed by atoms with E-state index in [1.807, 2.05) is 35.2 Å². The third-order valence-electron chi connectivity index (χ3n) is 5.85. The molecule has 1 N–H and O–H groups in total. The van der Waals surface area contributed by atoms with Gasteiger partial charge in [-0.2, -0.15) is 0 Å². The number of ether oxygens (including phenoxy) is 2. The monoisotopic (exact) mass is 468 g/mol. The first-order chi connectivity index (χ1) is 16.1. The van der Waals surface area contributed by atoms with Gasteiger partial charge in [-0.25, -0.2) is 0 Å². The zero-order valence-corrected chi connectivity index (χ0v) is 19.4. The third kappa shape index (κ3) is 5.50. The smallest absolute Gasteiger partial charge is 0.256 e. The number of benzene rings is 2. The van der Waals surface area contributed by atoms with Gasteiger partial charge in [0.15, 0.2) is 5.11 Å². The van der Waals surface area contributed by atoms with Gasteiger partial charge in [0.1, 0.15) is 11.8 Å². The van der Waals surface area contributed by atoms with Gasteiger partial charge in [-0.1, -0.05) is 18.2 Å². The van der Waals surface area contributed by atoms with Crippen molar-refractivity contribution in [2.75, 3.05) is 56.7 Å². The maximum absolute atomic E-state index is 13.4. The first-order valence-corrected chi connectivity index (χ1v) is 11.4. The van der Waals surface area contributed by atoms with Crippen LogP contribution in [0.2, 0.25) is 0 Å². The number of rotatable bonds is 8. The highest BCUT2D eigenvalue weighted by atomic mass is 32.1. The highest BCUT2D eigenvalue weighted by Gasteiger charge is 2.44. The molecule has 2 aliphatic rings. The zero-order valence-electron chi connectivity index (χ0n) is 18.6. The summed E-state index contributed by atoms with van der Waals surface area (Å²) in [5.74, 6) is 0.280. The van der Waals surface area contributed by atoms with Crippen LogP contribution >= 0.6 is 12.2 Å². The van der Waals surface area contributed by atoms with Gasteiger partial charge in [0.25, 0.3) is 5.91 Å². The maximum atomic E-state index is 13.4. The number of hydrogen-bond donors (Lipinski definition) is 1. The van der Waals surface area contributed by atoms with Gasteiger partial charge in [-0.05, 0) is 48.6 Å². The number of thiocarbonyl (C=S) groups is 1. The molecule has 2 saturated heterocycles. The van der Waals surface area contributed by atoms with E-state index < -0.39 is 6.04 Å². The van der Waals surface area contributed by atoms with Gasteiger partial charge < -0.3 is 19.7 Å². The molecule has 2 aromatic rings. The predicted molar refractivity (Wildman–Crippen MR) is 131 cm³/mol. The Morgan fingerprint density at radius 1 is 1.09 bits per heavy atom. The number of carbonyl (C=O) groups excluding carboxylic acids is 2. The molecule has 9 heteroatoms. The van der Waals surface area contributed by atoms with Crippen LogP contribution < -0.4 is 15.0 Å². The van der Waals surface area contributed by atoms with Gasteiger partial charge >= 0.3 is 0 Å². The minimum Gasteiger partial charge on any atom is -0.497 e. The summed E-state index contributed by atoms with van der Waals surface area (Å²) >= 11 is 5.72. The van der Waals surface area contributed by atoms with Crippen molar-refractivity contribution in [1.82, 2.24) is 9.80 Å². The van der Waals surface area contributed by atoms with Crippen LogP contribution in [-0.4, -0.2) is 79.3 Å². The fraction of sp³-hybridized carbons (Fsp3) is 0.375. The number of hydrogen-bond acceptors (Lipinski definition) is 6. The molecule has 2 amide bonds. The molecule has 0 aromatic heterocycles. The Labute approximate surface area is 199 Å². The van der Waals surface area contributed by atoms with E-state index in [1.165, 1.54) is 0 Å². The molecule has 0 radical (unpaired) electrons. The first kappa shape index (κ1) is 23.2. The van der Waals surface area contributed by atoms with Crippen molar-refractivity contribution in [3.05, 3.63) is 54.6 Å². The van der Waals surface area contributed by atoms with E-state index >= 15 is 0 Å². The lowest BCUT2D eigenvalue weighted by molar-refractivity contribution is -0.124. The number of methoxy groups -OCH3 is 1. The lowest BCUT2D eigenvalue weighted by Crippen LogP contribution is -2.45. The van der Waals surface area contributed by atoms with Crippen LogP contribution in [0.3, 0.4) is 0 Å². The molecule has 0 spiro atoms. The van der Waals surface area contributed by atoms with Crippen LogP contribution in [0, 0.1) is 0 Å². The SMILES string of the molecule is COc1ccc(NC(=O)C[C@@H]2C(=O)N(c3ccccc3)C(=S)N2CCN2CCOCC2)cc1. The second-order valence-electron chi connectivity index (χ2n) is 7.94. The van der Waals surface area contributed by atoms with E-state index in [2.05, 4.69) is 10.2 Å². The van der Waals surface area contributed by atoms with Crippen molar-refractivity contribution >= 4 is 40.5 Å². The molecule has 0 bridgehead atoms. The number of anilines is 2. The molecule has 0 saturated carbocycles. The predicted octanol–water partition coefficient (Wildman–Crippen LogP) is 2.36. The molecule has 0 aliphatic carbocycles. The molecule has 8 nitrogen and oxygen atoms in total. The van der Waals surface area contributed by atoms with Crippen LogP contribution in [0.15, 0.2) is 54.6 Å². The average molecular weight is 469 g/mol. The minimum atomic E-state index is -0.656. The number of nitrogens with zero attached hydrogens (tertiary/aromatic N) is 3. The molecule has 2 aromatic carbocycles. The van der Waals surface area contributed by atoms with E-state index in [4.69, 9.17) is 21.7 Å². The lowest BCUT2D eigenvalue weighted by atomic mass is 10.1. The third-order valence-corrected chi connectivity index (χ3v) is 6.26. The van der Waals surface area contributed by atoms with Gasteiger partial charge in [0, 0.05) is 31.9 Å². The molecule has 33 heavy (non-hydrogen) atoms. The summed E-state index contributed by atoms with van der Waals surface area (Å²) in [5, 5.41) is 3.31. The van der Waals surface area contributed by atoms with Gasteiger partial charge in [-0.15, -0.1) is 0 Å². The number of nitrogens with one attached hydrogen (secondary N) is 1. The van der Waals surface area contributed by atoms with Gasteiger partial charge in [0.2, 0.25) is 5.91 Å². The molecular weight excluding hydrogens is 440 g/mol. The normalized spacial score (nSPS) is 19.1. The average Bonchev–Trinajstić information content (AvgIpc) is 3.08. The molecule has 174 valence electrons.